The van der Waals surface area contributed by atoms with Crippen molar-refractivity contribution < 1.29 is 0 Å². The Morgan fingerprint density at radius 1 is 1.48 bits per heavy atom. The highest BCUT2D eigenvalue weighted by atomic mass is 15.5. The smallest absolute Gasteiger partial charge is 0.160 e. The van der Waals surface area contributed by atoms with Gasteiger partial charge in [-0.1, -0.05) is 26.0 Å². The second-order valence-corrected chi connectivity index (χ2v) is 6.68. The first-order valence-electron chi connectivity index (χ1n) is 8.07. The molecule has 2 atom stereocenters. The molecule has 0 saturated heterocycles. The van der Waals surface area contributed by atoms with E-state index in [1.807, 2.05) is 30.5 Å². The van der Waals surface area contributed by atoms with Gasteiger partial charge in [0, 0.05) is 19.3 Å². The molecule has 2 unspecified atom stereocenters. The topological polar surface area (TPSA) is 57.2 Å². The summed E-state index contributed by atoms with van der Waals surface area (Å²) in [4.78, 5) is 14.2. The van der Waals surface area contributed by atoms with Crippen LogP contribution >= 0.6 is 0 Å². The van der Waals surface area contributed by atoms with Crippen LogP contribution in [-0.4, -0.2) is 53.7 Å². The van der Waals surface area contributed by atoms with E-state index in [-0.39, 0.29) is 6.29 Å². The third kappa shape index (κ3) is 2.40. The summed E-state index contributed by atoms with van der Waals surface area (Å²) < 4.78 is 0. The minimum atomic E-state index is -0.446. The van der Waals surface area contributed by atoms with Crippen LogP contribution in [0.2, 0.25) is 0 Å². The van der Waals surface area contributed by atoms with Crippen LogP contribution in [0.4, 0.5) is 0 Å². The number of aliphatic imine (C=N–C) groups is 2. The maximum Gasteiger partial charge on any atom is 0.160 e. The first kappa shape index (κ1) is 15.9. The molecule has 122 valence electrons. The summed E-state index contributed by atoms with van der Waals surface area (Å²) in [5.74, 6) is 0.506. The predicted molar refractivity (Wildman–Crippen MR) is 96.3 cm³/mol. The summed E-state index contributed by atoms with van der Waals surface area (Å²) >= 11 is 0. The Bertz CT molecular complexity index is 652. The van der Waals surface area contributed by atoms with Crippen molar-refractivity contribution in [3.05, 3.63) is 48.4 Å². The number of nitrogens with zero attached hydrogens (tertiary/aromatic N) is 4. The van der Waals surface area contributed by atoms with Gasteiger partial charge in [-0.25, -0.2) is 4.90 Å². The lowest BCUT2D eigenvalue weighted by Crippen LogP contribution is -2.58. The molecule has 1 spiro atoms. The first-order valence-corrected chi connectivity index (χ1v) is 8.07. The van der Waals surface area contributed by atoms with Gasteiger partial charge in [-0.3, -0.25) is 14.9 Å². The van der Waals surface area contributed by atoms with Crippen LogP contribution in [0.25, 0.3) is 0 Å². The molecule has 0 amide bonds. The van der Waals surface area contributed by atoms with Gasteiger partial charge in [0.05, 0.1) is 17.1 Å². The van der Waals surface area contributed by atoms with Gasteiger partial charge >= 0.3 is 0 Å². The number of rotatable bonds is 5. The van der Waals surface area contributed by atoms with E-state index >= 15 is 0 Å². The minimum absolute atomic E-state index is 0.0724. The van der Waals surface area contributed by atoms with Crippen molar-refractivity contribution in [2.75, 3.05) is 20.1 Å². The van der Waals surface area contributed by atoms with Crippen molar-refractivity contribution in [1.82, 2.24) is 9.80 Å². The van der Waals surface area contributed by atoms with Gasteiger partial charge in [0.2, 0.25) is 0 Å². The summed E-state index contributed by atoms with van der Waals surface area (Å²) in [6.45, 7) is 9.97. The Balaban J connectivity index is 2.11. The number of hydrogen-bond acceptors (Lipinski definition) is 5. The zero-order chi connectivity index (χ0) is 16.6. The van der Waals surface area contributed by atoms with E-state index in [0.29, 0.717) is 5.92 Å². The van der Waals surface area contributed by atoms with E-state index in [1.54, 1.807) is 0 Å². The zero-order valence-corrected chi connectivity index (χ0v) is 14.1. The molecule has 2 N–H and O–H groups in total. The normalized spacial score (nSPS) is 29.3. The molecule has 23 heavy (non-hydrogen) atoms. The molecule has 3 aliphatic rings. The molecule has 0 aromatic heterocycles. The van der Waals surface area contributed by atoms with Crippen molar-refractivity contribution in [3.8, 4) is 0 Å². The van der Waals surface area contributed by atoms with E-state index in [0.717, 1.165) is 30.2 Å². The van der Waals surface area contributed by atoms with E-state index in [2.05, 4.69) is 48.3 Å². The Morgan fingerprint density at radius 2 is 2.26 bits per heavy atom. The quantitative estimate of drug-likeness (QED) is 0.789. The summed E-state index contributed by atoms with van der Waals surface area (Å²) in [6.07, 6.45) is 11.8. The highest BCUT2D eigenvalue weighted by molar-refractivity contribution is 6.13. The van der Waals surface area contributed by atoms with Gasteiger partial charge in [0.1, 0.15) is 5.54 Å². The van der Waals surface area contributed by atoms with Crippen LogP contribution in [0, 0.1) is 5.92 Å². The minimum Gasteiger partial charge on any atom is -0.397 e. The van der Waals surface area contributed by atoms with E-state index in [4.69, 9.17) is 10.7 Å². The molecule has 5 nitrogen and oxygen atoms in total. The Kier molecular flexibility index (Phi) is 4.08. The van der Waals surface area contributed by atoms with Crippen molar-refractivity contribution in [2.45, 2.75) is 25.7 Å². The van der Waals surface area contributed by atoms with Gasteiger partial charge in [-0.2, -0.15) is 0 Å². The van der Waals surface area contributed by atoms with Gasteiger partial charge in [-0.15, -0.1) is 6.58 Å². The Labute approximate surface area is 138 Å². The van der Waals surface area contributed by atoms with Crippen LogP contribution in [0.15, 0.2) is 58.3 Å². The highest BCUT2D eigenvalue weighted by Crippen LogP contribution is 2.42. The van der Waals surface area contributed by atoms with E-state index in [1.165, 1.54) is 0 Å². The maximum atomic E-state index is 6.29. The summed E-state index contributed by atoms with van der Waals surface area (Å²) in [5, 5.41) is 0. The van der Waals surface area contributed by atoms with Crippen LogP contribution in [0.1, 0.15) is 13.8 Å². The molecular weight excluding hydrogens is 286 g/mol. The SMILES string of the molecule is C=CCN(C)C1N=C2C(N)=CC=C3N=CC=CC32N1CC(C)C. The fraction of sp³-hybridized carbons (Fsp3) is 0.444. The molecule has 2 aliphatic heterocycles. The fourth-order valence-electron chi connectivity index (χ4n) is 3.51. The van der Waals surface area contributed by atoms with Crippen molar-refractivity contribution in [1.29, 1.82) is 0 Å². The fourth-order valence-corrected chi connectivity index (χ4v) is 3.51. The van der Waals surface area contributed by atoms with Gasteiger partial charge in [0.25, 0.3) is 0 Å². The standard InChI is InChI=1S/C18H25N5/c1-5-11-22(4)17-21-16-14(19)7-8-15-18(16,9-6-10-20-15)23(17)12-13(2)3/h5-10,13,17H,1,11-12,19H2,2-4H3. The number of nitrogens with two attached hydrogens (primary N) is 1. The molecule has 2 heterocycles. The summed E-state index contributed by atoms with van der Waals surface area (Å²) in [6, 6.07) is 0. The molecule has 3 rings (SSSR count). The molecule has 0 saturated carbocycles. The average molecular weight is 311 g/mol. The van der Waals surface area contributed by atoms with Crippen molar-refractivity contribution in [3.63, 3.8) is 0 Å². The Hall–Kier alpha value is -1.98. The zero-order valence-electron chi connectivity index (χ0n) is 14.1. The molecular formula is C18H25N5. The van der Waals surface area contributed by atoms with Gasteiger partial charge in [0.15, 0.2) is 6.29 Å². The average Bonchev–Trinajstić information content (AvgIpc) is 2.83. The Morgan fingerprint density at radius 3 is 2.96 bits per heavy atom. The molecule has 0 aromatic carbocycles. The van der Waals surface area contributed by atoms with Crippen molar-refractivity contribution >= 4 is 11.9 Å². The number of hydrogen-bond donors (Lipinski definition) is 1. The predicted octanol–water partition coefficient (Wildman–Crippen LogP) is 1.92. The third-order valence-corrected chi connectivity index (χ3v) is 4.43. The third-order valence-electron chi connectivity index (χ3n) is 4.43. The first-order chi connectivity index (χ1) is 11.0. The van der Waals surface area contributed by atoms with Crippen LogP contribution in [0.3, 0.4) is 0 Å². The molecule has 0 radical (unpaired) electrons. The number of likely N-dealkylation sites (N-methyl/N-ethyl adjacent to an activating group) is 1. The van der Waals surface area contributed by atoms with Crippen LogP contribution in [0.5, 0.6) is 0 Å². The second kappa shape index (κ2) is 5.91. The van der Waals surface area contributed by atoms with E-state index < -0.39 is 5.54 Å². The molecule has 0 bridgehead atoms. The molecule has 0 fully saturated rings. The van der Waals surface area contributed by atoms with Crippen LogP contribution in [-0.2, 0) is 0 Å². The largest absolute Gasteiger partial charge is 0.397 e. The lowest BCUT2D eigenvalue weighted by atomic mass is 9.81. The lowest BCUT2D eigenvalue weighted by molar-refractivity contribution is 0.0518. The van der Waals surface area contributed by atoms with Gasteiger partial charge < -0.3 is 5.73 Å². The van der Waals surface area contributed by atoms with Gasteiger partial charge in [-0.05, 0) is 31.2 Å². The monoisotopic (exact) mass is 311 g/mol. The summed E-state index contributed by atoms with van der Waals surface area (Å²) in [7, 11) is 2.07. The summed E-state index contributed by atoms with van der Waals surface area (Å²) in [5.41, 5.74) is 8.46. The van der Waals surface area contributed by atoms with E-state index in [9.17, 15) is 0 Å². The number of dihydropyridines is 1. The lowest BCUT2D eigenvalue weighted by Gasteiger charge is -2.44. The van der Waals surface area contributed by atoms with Crippen LogP contribution < -0.4 is 5.73 Å². The second-order valence-electron chi connectivity index (χ2n) is 6.68. The molecule has 5 heteroatoms. The van der Waals surface area contributed by atoms with Crippen molar-refractivity contribution in [2.24, 2.45) is 21.6 Å². The molecule has 0 aromatic rings. The number of allylic oxidation sites excluding steroid dienone is 3. The molecule has 1 aliphatic carbocycles. The highest BCUT2D eigenvalue weighted by Gasteiger charge is 2.54. The maximum absolute atomic E-state index is 6.29.